The molecular weight excluding hydrogens is 392 g/mol. The SMILES string of the molecule is Cc1ccc(S(=O)(=O)NCc2nc(N3CCCC3)nc(N3CCOCC3)n2)cc1. The van der Waals surface area contributed by atoms with Crippen LogP contribution in [0.25, 0.3) is 0 Å². The van der Waals surface area contributed by atoms with Gasteiger partial charge in [0.2, 0.25) is 21.9 Å². The second-order valence-corrected chi connectivity index (χ2v) is 9.05. The van der Waals surface area contributed by atoms with Crippen LogP contribution >= 0.6 is 0 Å². The van der Waals surface area contributed by atoms with Gasteiger partial charge in [-0.25, -0.2) is 13.1 Å². The molecule has 0 radical (unpaired) electrons. The molecule has 10 heteroatoms. The van der Waals surface area contributed by atoms with Gasteiger partial charge in [-0.3, -0.25) is 0 Å². The van der Waals surface area contributed by atoms with Gasteiger partial charge < -0.3 is 14.5 Å². The van der Waals surface area contributed by atoms with Crippen molar-refractivity contribution in [2.45, 2.75) is 31.2 Å². The summed E-state index contributed by atoms with van der Waals surface area (Å²) in [6, 6.07) is 6.75. The van der Waals surface area contributed by atoms with E-state index in [0.29, 0.717) is 44.0 Å². The summed E-state index contributed by atoms with van der Waals surface area (Å²) in [6.45, 7) is 6.40. The summed E-state index contributed by atoms with van der Waals surface area (Å²) in [5.74, 6) is 1.61. The number of hydrogen-bond donors (Lipinski definition) is 1. The normalized spacial score (nSPS) is 17.7. The zero-order valence-corrected chi connectivity index (χ0v) is 17.4. The summed E-state index contributed by atoms with van der Waals surface area (Å²) in [6.07, 6.45) is 2.21. The lowest BCUT2D eigenvalue weighted by atomic mass is 10.2. The van der Waals surface area contributed by atoms with Gasteiger partial charge >= 0.3 is 0 Å². The van der Waals surface area contributed by atoms with Crippen LogP contribution in [0.2, 0.25) is 0 Å². The van der Waals surface area contributed by atoms with E-state index in [4.69, 9.17) is 4.74 Å². The minimum atomic E-state index is -3.64. The van der Waals surface area contributed by atoms with Gasteiger partial charge in [0.05, 0.1) is 24.7 Å². The van der Waals surface area contributed by atoms with E-state index in [1.54, 1.807) is 24.3 Å². The van der Waals surface area contributed by atoms with E-state index >= 15 is 0 Å². The van der Waals surface area contributed by atoms with Gasteiger partial charge in [-0.15, -0.1) is 0 Å². The molecule has 2 saturated heterocycles. The van der Waals surface area contributed by atoms with Crippen LogP contribution < -0.4 is 14.5 Å². The van der Waals surface area contributed by atoms with Crippen molar-refractivity contribution >= 4 is 21.9 Å². The molecular formula is C19H26N6O3S. The number of hydrogen-bond acceptors (Lipinski definition) is 8. The predicted molar refractivity (Wildman–Crippen MR) is 110 cm³/mol. The molecule has 0 aliphatic carbocycles. The largest absolute Gasteiger partial charge is 0.378 e. The maximum Gasteiger partial charge on any atom is 0.240 e. The first kappa shape index (κ1) is 20.0. The van der Waals surface area contributed by atoms with E-state index in [0.717, 1.165) is 31.5 Å². The highest BCUT2D eigenvalue weighted by Crippen LogP contribution is 2.20. The lowest BCUT2D eigenvalue weighted by molar-refractivity contribution is 0.122. The van der Waals surface area contributed by atoms with Crippen LogP contribution in [0.3, 0.4) is 0 Å². The van der Waals surface area contributed by atoms with Gasteiger partial charge in [0.15, 0.2) is 5.82 Å². The first-order valence-electron chi connectivity index (χ1n) is 9.90. The number of anilines is 2. The quantitative estimate of drug-likeness (QED) is 0.744. The molecule has 1 aromatic carbocycles. The van der Waals surface area contributed by atoms with Crippen molar-refractivity contribution in [1.29, 1.82) is 0 Å². The Morgan fingerprint density at radius 2 is 1.52 bits per heavy atom. The zero-order chi connectivity index (χ0) is 20.3. The number of sulfonamides is 1. The fourth-order valence-corrected chi connectivity index (χ4v) is 4.38. The van der Waals surface area contributed by atoms with Crippen molar-refractivity contribution in [3.8, 4) is 0 Å². The van der Waals surface area contributed by atoms with Crippen molar-refractivity contribution in [2.75, 3.05) is 49.2 Å². The molecule has 0 atom stereocenters. The van der Waals surface area contributed by atoms with Gasteiger partial charge in [-0.1, -0.05) is 17.7 Å². The standard InChI is InChI=1S/C19H26N6O3S/c1-15-4-6-16(7-5-15)29(26,27)20-14-17-21-18(24-8-2-3-9-24)23-19(22-17)25-10-12-28-13-11-25/h4-7,20H,2-3,8-14H2,1H3. The summed E-state index contributed by atoms with van der Waals surface area (Å²) >= 11 is 0. The van der Waals surface area contributed by atoms with Crippen LogP contribution in [-0.2, 0) is 21.3 Å². The van der Waals surface area contributed by atoms with Gasteiger partial charge in [0.25, 0.3) is 0 Å². The molecule has 2 aliphatic heterocycles. The number of aryl methyl sites for hydroxylation is 1. The van der Waals surface area contributed by atoms with Gasteiger partial charge in [0, 0.05) is 26.2 Å². The van der Waals surface area contributed by atoms with Crippen LogP contribution in [0, 0.1) is 6.92 Å². The van der Waals surface area contributed by atoms with Crippen LogP contribution in [0.15, 0.2) is 29.2 Å². The fraction of sp³-hybridized carbons (Fsp3) is 0.526. The molecule has 0 spiro atoms. The molecule has 0 amide bonds. The first-order valence-corrected chi connectivity index (χ1v) is 11.4. The van der Waals surface area contributed by atoms with Crippen molar-refractivity contribution in [1.82, 2.24) is 19.7 Å². The van der Waals surface area contributed by atoms with Crippen LogP contribution in [0.5, 0.6) is 0 Å². The average Bonchev–Trinajstić information content (AvgIpc) is 3.28. The van der Waals surface area contributed by atoms with Gasteiger partial charge in [-0.05, 0) is 31.9 Å². The number of ether oxygens (including phenoxy) is 1. The van der Waals surface area contributed by atoms with E-state index in [2.05, 4.69) is 29.5 Å². The van der Waals surface area contributed by atoms with Crippen molar-refractivity contribution in [3.63, 3.8) is 0 Å². The topological polar surface area (TPSA) is 101 Å². The van der Waals surface area contributed by atoms with E-state index in [-0.39, 0.29) is 11.4 Å². The monoisotopic (exact) mass is 418 g/mol. The molecule has 3 heterocycles. The minimum Gasteiger partial charge on any atom is -0.378 e. The highest BCUT2D eigenvalue weighted by atomic mass is 32.2. The number of aromatic nitrogens is 3. The predicted octanol–water partition coefficient (Wildman–Crippen LogP) is 1.10. The van der Waals surface area contributed by atoms with E-state index in [9.17, 15) is 8.42 Å². The Kier molecular flexibility index (Phi) is 5.93. The molecule has 0 bridgehead atoms. The van der Waals surface area contributed by atoms with Crippen molar-refractivity contribution in [3.05, 3.63) is 35.7 Å². The van der Waals surface area contributed by atoms with Gasteiger partial charge in [0.1, 0.15) is 0 Å². The third kappa shape index (κ3) is 4.82. The Morgan fingerprint density at radius 3 is 2.14 bits per heavy atom. The molecule has 2 fully saturated rings. The lowest BCUT2D eigenvalue weighted by Gasteiger charge is -2.28. The van der Waals surface area contributed by atoms with Crippen LogP contribution in [-0.4, -0.2) is 62.8 Å². The van der Waals surface area contributed by atoms with Crippen LogP contribution in [0.1, 0.15) is 24.2 Å². The summed E-state index contributed by atoms with van der Waals surface area (Å²) in [7, 11) is -3.64. The summed E-state index contributed by atoms with van der Waals surface area (Å²) in [5, 5.41) is 0. The fourth-order valence-electron chi connectivity index (χ4n) is 3.40. The summed E-state index contributed by atoms with van der Waals surface area (Å²) in [4.78, 5) is 18.1. The lowest BCUT2D eigenvalue weighted by Crippen LogP contribution is -2.38. The zero-order valence-electron chi connectivity index (χ0n) is 16.5. The van der Waals surface area contributed by atoms with Crippen molar-refractivity contribution < 1.29 is 13.2 Å². The molecule has 0 unspecified atom stereocenters. The smallest absolute Gasteiger partial charge is 0.240 e. The van der Waals surface area contributed by atoms with E-state index in [1.165, 1.54) is 0 Å². The molecule has 4 rings (SSSR count). The molecule has 2 aromatic rings. The summed E-state index contributed by atoms with van der Waals surface area (Å²) in [5.41, 5.74) is 1.01. The highest BCUT2D eigenvalue weighted by Gasteiger charge is 2.22. The summed E-state index contributed by atoms with van der Waals surface area (Å²) < 4.78 is 33.3. The molecule has 1 aromatic heterocycles. The number of benzene rings is 1. The van der Waals surface area contributed by atoms with Crippen molar-refractivity contribution in [2.24, 2.45) is 0 Å². The maximum absolute atomic E-state index is 12.6. The molecule has 9 nitrogen and oxygen atoms in total. The van der Waals surface area contributed by atoms with E-state index < -0.39 is 10.0 Å². The Labute approximate surface area is 171 Å². The molecule has 29 heavy (non-hydrogen) atoms. The second-order valence-electron chi connectivity index (χ2n) is 7.28. The van der Waals surface area contributed by atoms with Crippen LogP contribution in [0.4, 0.5) is 11.9 Å². The highest BCUT2D eigenvalue weighted by molar-refractivity contribution is 7.89. The first-order chi connectivity index (χ1) is 14.0. The second kappa shape index (κ2) is 8.60. The Bertz CT molecular complexity index is 939. The third-order valence-corrected chi connectivity index (χ3v) is 6.51. The van der Waals surface area contributed by atoms with E-state index in [1.807, 2.05) is 6.92 Å². The third-order valence-electron chi connectivity index (χ3n) is 5.09. The Morgan fingerprint density at radius 1 is 0.931 bits per heavy atom. The number of nitrogens with one attached hydrogen (secondary N) is 1. The number of nitrogens with zero attached hydrogens (tertiary/aromatic N) is 5. The molecule has 2 aliphatic rings. The molecule has 156 valence electrons. The Hall–Kier alpha value is -2.30. The number of morpholine rings is 1. The Balaban J connectivity index is 1.56. The molecule has 0 saturated carbocycles. The molecule has 1 N–H and O–H groups in total. The average molecular weight is 419 g/mol. The minimum absolute atomic E-state index is 0.0108. The maximum atomic E-state index is 12.6. The van der Waals surface area contributed by atoms with Gasteiger partial charge in [-0.2, -0.15) is 15.0 Å². The number of rotatable bonds is 6.